The molecule has 6 nitrogen and oxygen atoms in total. The van der Waals surface area contributed by atoms with E-state index in [0.717, 1.165) is 47.0 Å². The fourth-order valence-corrected chi connectivity index (χ4v) is 3.50. The third-order valence-electron chi connectivity index (χ3n) is 4.73. The van der Waals surface area contributed by atoms with Crippen molar-refractivity contribution in [1.29, 1.82) is 5.26 Å². The fourth-order valence-electron chi connectivity index (χ4n) is 3.50. The smallest absolute Gasteiger partial charge is 0.244 e. The zero-order valence-corrected chi connectivity index (χ0v) is 14.0. The van der Waals surface area contributed by atoms with Gasteiger partial charge in [-0.15, -0.1) is 5.10 Å². The average Bonchev–Trinajstić information content (AvgIpc) is 3.22. The molecule has 0 fully saturated rings. The number of hydrogen-bond acceptors (Lipinski definition) is 4. The Labute approximate surface area is 145 Å². The highest BCUT2D eigenvalue weighted by atomic mass is 16.5. The van der Waals surface area contributed by atoms with Crippen LogP contribution in [0.4, 0.5) is 0 Å². The van der Waals surface area contributed by atoms with Crippen LogP contribution in [-0.2, 0) is 6.42 Å². The molecule has 126 valence electrons. The van der Waals surface area contributed by atoms with Crippen LogP contribution in [0.25, 0.3) is 10.9 Å². The Morgan fingerprint density at radius 3 is 3.00 bits per heavy atom. The number of nitrogens with zero attached hydrogens (tertiary/aromatic N) is 2. The number of H-pyrrole nitrogens is 2. The van der Waals surface area contributed by atoms with Gasteiger partial charge in [0.05, 0.1) is 11.5 Å². The summed E-state index contributed by atoms with van der Waals surface area (Å²) in [6.07, 6.45) is 4.93. The third kappa shape index (κ3) is 2.36. The second-order valence-electron chi connectivity index (χ2n) is 6.24. The van der Waals surface area contributed by atoms with E-state index in [0.29, 0.717) is 11.5 Å². The van der Waals surface area contributed by atoms with Crippen LogP contribution in [0, 0.1) is 11.3 Å². The first-order chi connectivity index (χ1) is 12.2. The molecule has 0 saturated carbocycles. The highest BCUT2D eigenvalue weighted by Crippen LogP contribution is 2.44. The molecule has 0 aliphatic carbocycles. The second-order valence-corrected chi connectivity index (χ2v) is 6.24. The van der Waals surface area contributed by atoms with Crippen LogP contribution in [0.2, 0.25) is 0 Å². The molecule has 1 aromatic carbocycles. The van der Waals surface area contributed by atoms with Crippen molar-refractivity contribution in [3.05, 3.63) is 58.7 Å². The summed E-state index contributed by atoms with van der Waals surface area (Å²) >= 11 is 0. The molecule has 1 unspecified atom stereocenters. The van der Waals surface area contributed by atoms with Crippen LogP contribution in [0.3, 0.4) is 0 Å². The van der Waals surface area contributed by atoms with E-state index in [4.69, 9.17) is 10.5 Å². The molecule has 3 aromatic rings. The van der Waals surface area contributed by atoms with Crippen molar-refractivity contribution in [3.63, 3.8) is 0 Å². The predicted octanol–water partition coefficient (Wildman–Crippen LogP) is 3.45. The van der Waals surface area contributed by atoms with Crippen molar-refractivity contribution < 1.29 is 4.74 Å². The van der Waals surface area contributed by atoms with Crippen LogP contribution in [-0.4, -0.2) is 15.2 Å². The standard InChI is InChI=1S/C19H19N5O/c1-2-3-7-15-17-16(12(9-20)18(21)25-19(17)24-23-15)13-10-22-14-8-5-4-6-11(13)14/h4-6,8,10,16,22H,2-3,7,21H2,1H3,(H,23,24). The molecule has 1 aliphatic heterocycles. The first kappa shape index (κ1) is 15.3. The lowest BCUT2D eigenvalue weighted by Crippen LogP contribution is -2.21. The van der Waals surface area contributed by atoms with E-state index in [1.54, 1.807) is 0 Å². The molecule has 0 radical (unpaired) electrons. The average molecular weight is 333 g/mol. The molecule has 0 bridgehead atoms. The first-order valence-electron chi connectivity index (χ1n) is 8.45. The zero-order valence-electron chi connectivity index (χ0n) is 14.0. The minimum Gasteiger partial charge on any atom is -0.420 e. The Morgan fingerprint density at radius 2 is 2.20 bits per heavy atom. The van der Waals surface area contributed by atoms with Crippen LogP contribution in [0.15, 0.2) is 41.9 Å². The van der Waals surface area contributed by atoms with Crippen molar-refractivity contribution in [2.45, 2.75) is 32.1 Å². The molecule has 6 heteroatoms. The minimum atomic E-state index is -0.282. The molecule has 1 atom stereocenters. The molecule has 2 aromatic heterocycles. The van der Waals surface area contributed by atoms with Gasteiger partial charge in [0.15, 0.2) is 0 Å². The Morgan fingerprint density at radius 1 is 1.36 bits per heavy atom. The maximum absolute atomic E-state index is 9.72. The Kier molecular flexibility index (Phi) is 3.69. The molecule has 1 aliphatic rings. The van der Waals surface area contributed by atoms with Gasteiger partial charge in [-0.25, -0.2) is 0 Å². The largest absolute Gasteiger partial charge is 0.420 e. The van der Waals surface area contributed by atoms with E-state index in [2.05, 4.69) is 28.2 Å². The van der Waals surface area contributed by atoms with E-state index >= 15 is 0 Å². The first-order valence-corrected chi connectivity index (χ1v) is 8.45. The topological polar surface area (TPSA) is 104 Å². The Bertz CT molecular complexity index is 1000. The maximum Gasteiger partial charge on any atom is 0.244 e. The second kappa shape index (κ2) is 6.02. The molecule has 3 heterocycles. The monoisotopic (exact) mass is 333 g/mol. The number of benzene rings is 1. The van der Waals surface area contributed by atoms with Gasteiger partial charge in [-0.2, -0.15) is 5.26 Å². The number of ether oxygens (including phenoxy) is 1. The number of nitrogens with two attached hydrogens (primary N) is 1. The summed E-state index contributed by atoms with van der Waals surface area (Å²) in [5, 5.41) is 18.2. The number of fused-ring (bicyclic) bond motifs is 2. The SMILES string of the molecule is CCCCc1[nH]nc2c1C(c1c[nH]c3ccccc13)C(C#N)=C(N)O2. The maximum atomic E-state index is 9.72. The van der Waals surface area contributed by atoms with Crippen molar-refractivity contribution >= 4 is 10.9 Å². The molecule has 0 amide bonds. The summed E-state index contributed by atoms with van der Waals surface area (Å²) < 4.78 is 5.62. The summed E-state index contributed by atoms with van der Waals surface area (Å²) in [6, 6.07) is 10.3. The van der Waals surface area contributed by atoms with Gasteiger partial charge in [0.1, 0.15) is 11.6 Å². The fraction of sp³-hybridized carbons (Fsp3) is 0.263. The van der Waals surface area contributed by atoms with E-state index in [-0.39, 0.29) is 11.8 Å². The lowest BCUT2D eigenvalue weighted by atomic mass is 9.83. The van der Waals surface area contributed by atoms with Crippen molar-refractivity contribution in [2.24, 2.45) is 5.73 Å². The number of aryl methyl sites for hydroxylation is 1. The number of para-hydroxylation sites is 1. The number of allylic oxidation sites excluding steroid dienone is 1. The summed E-state index contributed by atoms with van der Waals surface area (Å²) in [6.45, 7) is 2.15. The van der Waals surface area contributed by atoms with E-state index < -0.39 is 0 Å². The van der Waals surface area contributed by atoms with Gasteiger partial charge in [0, 0.05) is 22.8 Å². The van der Waals surface area contributed by atoms with Gasteiger partial charge < -0.3 is 15.5 Å². The number of aromatic nitrogens is 3. The minimum absolute atomic E-state index is 0.124. The Balaban J connectivity index is 1.93. The van der Waals surface area contributed by atoms with Gasteiger partial charge in [-0.1, -0.05) is 31.5 Å². The summed E-state index contributed by atoms with van der Waals surface area (Å²) in [5.41, 5.74) is 10.4. The summed E-state index contributed by atoms with van der Waals surface area (Å²) in [5.74, 6) is 0.312. The van der Waals surface area contributed by atoms with Gasteiger partial charge in [0.2, 0.25) is 11.8 Å². The lowest BCUT2D eigenvalue weighted by molar-refractivity contribution is 0.379. The molecule has 25 heavy (non-hydrogen) atoms. The number of nitriles is 1. The lowest BCUT2D eigenvalue weighted by Gasteiger charge is -2.23. The highest BCUT2D eigenvalue weighted by Gasteiger charge is 2.36. The Hall–Kier alpha value is -3.20. The number of hydrogen-bond donors (Lipinski definition) is 3. The zero-order chi connectivity index (χ0) is 17.4. The van der Waals surface area contributed by atoms with Crippen molar-refractivity contribution in [1.82, 2.24) is 15.2 Å². The van der Waals surface area contributed by atoms with Crippen LogP contribution in [0.5, 0.6) is 5.88 Å². The normalized spacial score (nSPS) is 16.6. The van der Waals surface area contributed by atoms with Crippen LogP contribution < -0.4 is 10.5 Å². The van der Waals surface area contributed by atoms with Gasteiger partial charge in [0.25, 0.3) is 0 Å². The van der Waals surface area contributed by atoms with Gasteiger partial charge in [-0.3, -0.25) is 5.10 Å². The van der Waals surface area contributed by atoms with Crippen LogP contribution in [0.1, 0.15) is 42.5 Å². The number of unbranched alkanes of at least 4 members (excludes halogenated alkanes) is 1. The number of aromatic amines is 2. The van der Waals surface area contributed by atoms with Crippen molar-refractivity contribution in [3.8, 4) is 11.9 Å². The summed E-state index contributed by atoms with van der Waals surface area (Å²) in [4.78, 5) is 3.29. The quantitative estimate of drug-likeness (QED) is 0.680. The van der Waals surface area contributed by atoms with E-state index in [1.807, 2.05) is 30.5 Å². The number of nitrogens with one attached hydrogen (secondary N) is 2. The molecular weight excluding hydrogens is 314 g/mol. The van der Waals surface area contributed by atoms with Gasteiger partial charge >= 0.3 is 0 Å². The van der Waals surface area contributed by atoms with E-state index in [1.165, 1.54) is 0 Å². The van der Waals surface area contributed by atoms with Gasteiger partial charge in [-0.05, 0) is 24.5 Å². The molecule has 4 N–H and O–H groups in total. The van der Waals surface area contributed by atoms with Crippen molar-refractivity contribution in [2.75, 3.05) is 0 Å². The third-order valence-corrected chi connectivity index (χ3v) is 4.73. The van der Waals surface area contributed by atoms with E-state index in [9.17, 15) is 5.26 Å². The predicted molar refractivity (Wildman–Crippen MR) is 94.8 cm³/mol. The summed E-state index contributed by atoms with van der Waals surface area (Å²) in [7, 11) is 0. The highest BCUT2D eigenvalue weighted by molar-refractivity contribution is 5.85. The number of rotatable bonds is 4. The molecular formula is C19H19N5O. The molecule has 0 spiro atoms. The van der Waals surface area contributed by atoms with Crippen LogP contribution >= 0.6 is 0 Å². The molecule has 4 rings (SSSR count). The molecule has 0 saturated heterocycles.